The standard InChI is InChI=1S/C12H18N2O2S2/c1-2-18(15,16)12-9-17-7-6-14(12)11-5-3-4-10(13)8-11/h3-5,8,12H,2,6-7,9,13H2,1H3. The molecule has 0 saturated carbocycles. The van der Waals surface area contributed by atoms with Crippen molar-refractivity contribution in [1.82, 2.24) is 0 Å². The van der Waals surface area contributed by atoms with E-state index in [2.05, 4.69) is 0 Å². The molecule has 0 bridgehead atoms. The quantitative estimate of drug-likeness (QED) is 0.855. The number of thioether (sulfide) groups is 1. The number of nitrogen functional groups attached to an aromatic ring is 1. The molecule has 0 aromatic heterocycles. The van der Waals surface area contributed by atoms with Crippen LogP contribution in [-0.2, 0) is 9.84 Å². The maximum absolute atomic E-state index is 12.1. The van der Waals surface area contributed by atoms with E-state index in [1.165, 1.54) is 0 Å². The number of nitrogens with two attached hydrogens (primary N) is 1. The smallest absolute Gasteiger partial charge is 0.171 e. The van der Waals surface area contributed by atoms with Gasteiger partial charge in [0, 0.05) is 35.2 Å². The van der Waals surface area contributed by atoms with Crippen molar-refractivity contribution in [2.24, 2.45) is 0 Å². The summed E-state index contributed by atoms with van der Waals surface area (Å²) in [5, 5.41) is -0.428. The van der Waals surface area contributed by atoms with Crippen molar-refractivity contribution < 1.29 is 8.42 Å². The van der Waals surface area contributed by atoms with Crippen molar-refractivity contribution in [3.8, 4) is 0 Å². The van der Waals surface area contributed by atoms with Crippen molar-refractivity contribution in [3.63, 3.8) is 0 Å². The molecule has 1 saturated heterocycles. The highest BCUT2D eigenvalue weighted by Gasteiger charge is 2.32. The average Bonchev–Trinajstić information content (AvgIpc) is 2.39. The Kier molecular flexibility index (Phi) is 4.07. The summed E-state index contributed by atoms with van der Waals surface area (Å²) in [5.41, 5.74) is 7.34. The summed E-state index contributed by atoms with van der Waals surface area (Å²) in [6, 6.07) is 7.44. The molecule has 1 unspecified atom stereocenters. The van der Waals surface area contributed by atoms with Crippen LogP contribution in [0.5, 0.6) is 0 Å². The van der Waals surface area contributed by atoms with E-state index in [0.717, 1.165) is 18.0 Å². The predicted octanol–water partition coefficient (Wildman–Crippen LogP) is 1.58. The highest BCUT2D eigenvalue weighted by molar-refractivity contribution is 8.01. The van der Waals surface area contributed by atoms with Crippen LogP contribution in [0.1, 0.15) is 6.92 Å². The Hall–Kier alpha value is -0.880. The van der Waals surface area contributed by atoms with Crippen LogP contribution >= 0.6 is 11.8 Å². The molecule has 1 atom stereocenters. The monoisotopic (exact) mass is 286 g/mol. The van der Waals surface area contributed by atoms with E-state index >= 15 is 0 Å². The highest BCUT2D eigenvalue weighted by Crippen LogP contribution is 2.28. The van der Waals surface area contributed by atoms with Gasteiger partial charge in [0.05, 0.1) is 0 Å². The first-order valence-electron chi connectivity index (χ1n) is 5.96. The van der Waals surface area contributed by atoms with Crippen molar-refractivity contribution in [3.05, 3.63) is 24.3 Å². The lowest BCUT2D eigenvalue weighted by molar-refractivity contribution is 0.579. The minimum absolute atomic E-state index is 0.178. The molecule has 1 aromatic rings. The number of sulfone groups is 1. The van der Waals surface area contributed by atoms with Gasteiger partial charge in [0.1, 0.15) is 5.37 Å². The molecule has 100 valence electrons. The Balaban J connectivity index is 2.34. The predicted molar refractivity (Wildman–Crippen MR) is 78.8 cm³/mol. The van der Waals surface area contributed by atoms with E-state index in [9.17, 15) is 8.42 Å². The second-order valence-corrected chi connectivity index (χ2v) is 7.87. The van der Waals surface area contributed by atoms with Crippen molar-refractivity contribution in [2.45, 2.75) is 12.3 Å². The van der Waals surface area contributed by atoms with Crippen LogP contribution in [-0.4, -0.2) is 37.6 Å². The summed E-state index contributed by atoms with van der Waals surface area (Å²) >= 11 is 1.70. The van der Waals surface area contributed by atoms with Gasteiger partial charge in [0.15, 0.2) is 9.84 Å². The third kappa shape index (κ3) is 2.75. The van der Waals surface area contributed by atoms with Crippen molar-refractivity contribution in [1.29, 1.82) is 0 Å². The van der Waals surface area contributed by atoms with Crippen LogP contribution in [0, 0.1) is 0 Å². The van der Waals surface area contributed by atoms with Gasteiger partial charge in [0.25, 0.3) is 0 Å². The van der Waals surface area contributed by atoms with E-state index in [-0.39, 0.29) is 5.75 Å². The number of nitrogens with zero attached hydrogens (tertiary/aromatic N) is 1. The molecule has 0 radical (unpaired) electrons. The molecular weight excluding hydrogens is 268 g/mol. The Bertz CT molecular complexity index is 517. The molecule has 1 aliphatic rings. The zero-order chi connectivity index (χ0) is 13.2. The summed E-state index contributed by atoms with van der Waals surface area (Å²) < 4.78 is 24.3. The second kappa shape index (κ2) is 5.40. The highest BCUT2D eigenvalue weighted by atomic mass is 32.2. The molecule has 4 nitrogen and oxygen atoms in total. The van der Waals surface area contributed by atoms with Crippen LogP contribution < -0.4 is 10.6 Å². The van der Waals surface area contributed by atoms with Gasteiger partial charge >= 0.3 is 0 Å². The molecule has 0 aliphatic carbocycles. The summed E-state index contributed by atoms with van der Waals surface area (Å²) in [6.07, 6.45) is 0. The molecule has 18 heavy (non-hydrogen) atoms. The van der Waals surface area contributed by atoms with Gasteiger partial charge in [-0.1, -0.05) is 13.0 Å². The maximum Gasteiger partial charge on any atom is 0.171 e. The SMILES string of the molecule is CCS(=O)(=O)C1CSCCN1c1cccc(N)c1. The molecule has 1 heterocycles. The number of anilines is 2. The normalized spacial score (nSPS) is 20.9. The van der Waals surface area contributed by atoms with Crippen LogP contribution in [0.15, 0.2) is 24.3 Å². The van der Waals surface area contributed by atoms with Gasteiger partial charge in [-0.05, 0) is 18.2 Å². The largest absolute Gasteiger partial charge is 0.399 e. The second-order valence-electron chi connectivity index (χ2n) is 4.27. The topological polar surface area (TPSA) is 63.4 Å². The fraction of sp³-hybridized carbons (Fsp3) is 0.500. The number of rotatable bonds is 3. The van der Waals surface area contributed by atoms with E-state index in [4.69, 9.17) is 5.73 Å². The Morgan fingerprint density at radius 1 is 1.50 bits per heavy atom. The van der Waals surface area contributed by atoms with Gasteiger partial charge in [-0.3, -0.25) is 0 Å². The van der Waals surface area contributed by atoms with E-state index in [1.807, 2.05) is 29.2 Å². The third-order valence-electron chi connectivity index (χ3n) is 3.10. The molecule has 0 spiro atoms. The summed E-state index contributed by atoms with van der Waals surface area (Å²) in [6.45, 7) is 2.45. The first-order chi connectivity index (χ1) is 8.54. The van der Waals surface area contributed by atoms with E-state index in [1.54, 1.807) is 18.7 Å². The zero-order valence-corrected chi connectivity index (χ0v) is 12.0. The van der Waals surface area contributed by atoms with Gasteiger partial charge in [0.2, 0.25) is 0 Å². The lowest BCUT2D eigenvalue weighted by Crippen LogP contribution is -2.48. The lowest BCUT2D eigenvalue weighted by Gasteiger charge is -2.36. The Labute approximate surface area is 112 Å². The zero-order valence-electron chi connectivity index (χ0n) is 10.4. The molecular formula is C12H18N2O2S2. The molecule has 2 rings (SSSR count). The lowest BCUT2D eigenvalue weighted by atomic mass is 10.2. The van der Waals surface area contributed by atoms with Crippen LogP contribution in [0.4, 0.5) is 11.4 Å². The minimum Gasteiger partial charge on any atom is -0.399 e. The number of hydrogen-bond donors (Lipinski definition) is 1. The third-order valence-corrected chi connectivity index (χ3v) is 6.39. The Morgan fingerprint density at radius 3 is 2.94 bits per heavy atom. The molecule has 0 amide bonds. The van der Waals surface area contributed by atoms with Crippen molar-refractivity contribution >= 4 is 33.0 Å². The fourth-order valence-electron chi connectivity index (χ4n) is 2.07. The number of benzene rings is 1. The van der Waals surface area contributed by atoms with Gasteiger partial charge in [-0.2, -0.15) is 11.8 Å². The fourth-order valence-corrected chi connectivity index (χ4v) is 5.06. The molecule has 1 aromatic carbocycles. The molecule has 1 fully saturated rings. The van der Waals surface area contributed by atoms with Gasteiger partial charge in [-0.15, -0.1) is 0 Å². The van der Waals surface area contributed by atoms with E-state index < -0.39 is 15.2 Å². The summed E-state index contributed by atoms with van der Waals surface area (Å²) in [4.78, 5) is 1.96. The Morgan fingerprint density at radius 2 is 2.28 bits per heavy atom. The van der Waals surface area contributed by atoms with Gasteiger partial charge < -0.3 is 10.6 Å². The number of hydrogen-bond acceptors (Lipinski definition) is 5. The van der Waals surface area contributed by atoms with Crippen molar-refractivity contribution in [2.75, 3.05) is 34.4 Å². The van der Waals surface area contributed by atoms with E-state index in [0.29, 0.717) is 11.4 Å². The first-order valence-corrected chi connectivity index (χ1v) is 8.83. The molecule has 2 N–H and O–H groups in total. The van der Waals surface area contributed by atoms with Crippen LogP contribution in [0.3, 0.4) is 0 Å². The minimum atomic E-state index is -3.07. The van der Waals surface area contributed by atoms with Gasteiger partial charge in [-0.25, -0.2) is 8.42 Å². The summed E-state index contributed by atoms with van der Waals surface area (Å²) in [7, 11) is -3.07. The first kappa shape index (κ1) is 13.5. The average molecular weight is 286 g/mol. The maximum atomic E-state index is 12.1. The van der Waals surface area contributed by atoms with Crippen LogP contribution in [0.25, 0.3) is 0 Å². The molecule has 6 heteroatoms. The molecule has 1 aliphatic heterocycles. The van der Waals surface area contributed by atoms with Crippen LogP contribution in [0.2, 0.25) is 0 Å². The summed E-state index contributed by atoms with van der Waals surface area (Å²) in [5.74, 6) is 1.76.